The maximum Gasteiger partial charge on any atom is 0.323 e. The van der Waals surface area contributed by atoms with Crippen LogP contribution in [0, 0.1) is 5.82 Å². The van der Waals surface area contributed by atoms with Crippen molar-refractivity contribution in [2.45, 2.75) is 13.0 Å². The van der Waals surface area contributed by atoms with Crippen molar-refractivity contribution in [2.75, 3.05) is 13.7 Å². The molecule has 0 atom stereocenters. The van der Waals surface area contributed by atoms with Crippen LogP contribution in [0.15, 0.2) is 66.9 Å². The van der Waals surface area contributed by atoms with Gasteiger partial charge in [0.15, 0.2) is 0 Å². The molecule has 3 aromatic rings. The molecule has 1 amide bonds. The Hall–Kier alpha value is -3.74. The van der Waals surface area contributed by atoms with E-state index in [9.17, 15) is 19.1 Å². The molecule has 0 saturated carbocycles. The molecule has 7 heteroatoms. The number of rotatable bonds is 8. The average Bonchev–Trinajstić information content (AvgIpc) is 2.73. The minimum atomic E-state index is -1.12. The van der Waals surface area contributed by atoms with Crippen LogP contribution in [0.5, 0.6) is 5.75 Å². The monoisotopic (exact) mass is 408 g/mol. The van der Waals surface area contributed by atoms with E-state index in [4.69, 9.17) is 4.74 Å². The molecular weight excluding hydrogens is 387 g/mol. The Morgan fingerprint density at radius 1 is 1.10 bits per heavy atom. The van der Waals surface area contributed by atoms with Crippen LogP contribution in [0.4, 0.5) is 4.39 Å². The molecule has 0 aliphatic heterocycles. The maximum absolute atomic E-state index is 13.4. The van der Waals surface area contributed by atoms with Gasteiger partial charge < -0.3 is 14.7 Å². The number of benzene rings is 2. The summed E-state index contributed by atoms with van der Waals surface area (Å²) in [5, 5.41) is 9.29. The minimum Gasteiger partial charge on any atom is -0.496 e. The molecule has 0 saturated heterocycles. The number of hydrogen-bond donors (Lipinski definition) is 1. The number of methoxy groups -OCH3 is 1. The molecule has 0 bridgehead atoms. The lowest BCUT2D eigenvalue weighted by Gasteiger charge is -2.22. The molecule has 0 unspecified atom stereocenters. The van der Waals surface area contributed by atoms with Crippen LogP contribution >= 0.6 is 0 Å². The van der Waals surface area contributed by atoms with Gasteiger partial charge in [0.05, 0.1) is 13.7 Å². The van der Waals surface area contributed by atoms with Gasteiger partial charge in [0.25, 0.3) is 5.91 Å². The zero-order chi connectivity index (χ0) is 21.5. The number of carbonyl (C=O) groups excluding carboxylic acids is 1. The third-order valence-electron chi connectivity index (χ3n) is 4.50. The van der Waals surface area contributed by atoms with Gasteiger partial charge in [-0.25, -0.2) is 4.39 Å². The van der Waals surface area contributed by atoms with E-state index in [-0.39, 0.29) is 12.4 Å². The van der Waals surface area contributed by atoms with E-state index in [0.717, 1.165) is 5.56 Å². The number of aliphatic carboxylic acids is 1. The van der Waals surface area contributed by atoms with Crippen molar-refractivity contribution in [3.8, 4) is 5.75 Å². The summed E-state index contributed by atoms with van der Waals surface area (Å²) in [6, 6.07) is 16.4. The summed E-state index contributed by atoms with van der Waals surface area (Å²) in [5.74, 6) is -1.33. The van der Waals surface area contributed by atoms with Gasteiger partial charge in [-0.05, 0) is 35.9 Å². The summed E-state index contributed by atoms with van der Waals surface area (Å²) in [7, 11) is 1.52. The van der Waals surface area contributed by atoms with Crippen molar-refractivity contribution < 1.29 is 23.8 Å². The molecule has 1 aromatic heterocycles. The summed E-state index contributed by atoms with van der Waals surface area (Å²) in [4.78, 5) is 29.9. The maximum atomic E-state index is 13.4. The highest BCUT2D eigenvalue weighted by Gasteiger charge is 2.21. The molecule has 0 fully saturated rings. The lowest BCUT2D eigenvalue weighted by atomic mass is 10.1. The quantitative estimate of drug-likeness (QED) is 0.617. The fourth-order valence-corrected chi connectivity index (χ4v) is 3.15. The SMILES string of the molecule is COc1ccccc1CN(CC(=O)O)C(=O)c1ccnc(Cc2cccc(F)c2)c1. The number of hydrogen-bond acceptors (Lipinski definition) is 4. The molecular formula is C23H21FN2O4. The predicted molar refractivity (Wildman–Crippen MR) is 109 cm³/mol. The Bertz CT molecular complexity index is 1050. The number of carboxylic acids is 1. The highest BCUT2D eigenvalue weighted by molar-refractivity contribution is 5.95. The largest absolute Gasteiger partial charge is 0.496 e. The van der Waals surface area contributed by atoms with E-state index < -0.39 is 18.4 Å². The molecule has 6 nitrogen and oxygen atoms in total. The van der Waals surface area contributed by atoms with Crippen molar-refractivity contribution in [3.63, 3.8) is 0 Å². The van der Waals surface area contributed by atoms with E-state index in [2.05, 4.69) is 4.98 Å². The first-order valence-electron chi connectivity index (χ1n) is 9.28. The number of amides is 1. The van der Waals surface area contributed by atoms with E-state index in [0.29, 0.717) is 29.0 Å². The van der Waals surface area contributed by atoms with Crippen LogP contribution < -0.4 is 4.74 Å². The summed E-state index contributed by atoms with van der Waals surface area (Å²) >= 11 is 0. The van der Waals surface area contributed by atoms with Gasteiger partial charge in [0.2, 0.25) is 0 Å². The van der Waals surface area contributed by atoms with Gasteiger partial charge in [-0.15, -0.1) is 0 Å². The molecule has 30 heavy (non-hydrogen) atoms. The Labute approximate surface area is 173 Å². The van der Waals surface area contributed by atoms with Gasteiger partial charge in [-0.1, -0.05) is 30.3 Å². The molecule has 0 spiro atoms. The van der Waals surface area contributed by atoms with Crippen LogP contribution in [-0.4, -0.2) is 40.5 Å². The molecule has 1 N–H and O–H groups in total. The molecule has 154 valence electrons. The summed E-state index contributed by atoms with van der Waals surface area (Å²) in [5.41, 5.74) is 2.32. The number of carbonyl (C=O) groups is 2. The molecule has 2 aromatic carbocycles. The Morgan fingerprint density at radius 3 is 2.63 bits per heavy atom. The highest BCUT2D eigenvalue weighted by atomic mass is 19.1. The van der Waals surface area contributed by atoms with Crippen molar-refractivity contribution in [3.05, 3.63) is 95.1 Å². The summed E-state index contributed by atoms with van der Waals surface area (Å²) < 4.78 is 18.7. The van der Waals surface area contributed by atoms with Gasteiger partial charge in [-0.2, -0.15) is 0 Å². The smallest absolute Gasteiger partial charge is 0.323 e. The molecule has 0 aliphatic rings. The summed E-state index contributed by atoms with van der Waals surface area (Å²) in [6.45, 7) is -0.380. The minimum absolute atomic E-state index is 0.0801. The normalized spacial score (nSPS) is 10.5. The van der Waals surface area contributed by atoms with E-state index in [1.54, 1.807) is 42.5 Å². The van der Waals surface area contributed by atoms with Crippen LogP contribution in [-0.2, 0) is 17.8 Å². The zero-order valence-corrected chi connectivity index (χ0v) is 16.4. The molecule has 1 heterocycles. The Morgan fingerprint density at radius 2 is 1.90 bits per heavy atom. The molecule has 3 rings (SSSR count). The van der Waals surface area contributed by atoms with Crippen LogP contribution in [0.2, 0.25) is 0 Å². The van der Waals surface area contributed by atoms with E-state index in [1.165, 1.54) is 36.4 Å². The van der Waals surface area contributed by atoms with Gasteiger partial charge in [0.1, 0.15) is 18.1 Å². The van der Waals surface area contributed by atoms with Gasteiger partial charge in [-0.3, -0.25) is 14.6 Å². The van der Waals surface area contributed by atoms with E-state index >= 15 is 0 Å². The zero-order valence-electron chi connectivity index (χ0n) is 16.4. The first-order valence-corrected chi connectivity index (χ1v) is 9.28. The third kappa shape index (κ3) is 5.41. The van der Waals surface area contributed by atoms with Crippen molar-refractivity contribution in [1.29, 1.82) is 0 Å². The number of para-hydroxylation sites is 1. The van der Waals surface area contributed by atoms with Crippen molar-refractivity contribution in [2.24, 2.45) is 0 Å². The second-order valence-corrected chi connectivity index (χ2v) is 6.71. The second-order valence-electron chi connectivity index (χ2n) is 6.71. The lowest BCUT2D eigenvalue weighted by molar-refractivity contribution is -0.137. The number of carboxylic acid groups (broad SMARTS) is 1. The summed E-state index contributed by atoms with van der Waals surface area (Å²) in [6.07, 6.45) is 1.84. The number of aromatic nitrogens is 1. The standard InChI is InChI=1S/C23H21FN2O4/c1-30-21-8-3-2-6-18(21)14-26(15-22(27)28)23(29)17-9-10-25-20(13-17)12-16-5-4-7-19(24)11-16/h2-11,13H,12,14-15H2,1H3,(H,27,28). The van der Waals surface area contributed by atoms with Crippen LogP contribution in [0.1, 0.15) is 27.2 Å². The van der Waals surface area contributed by atoms with Crippen LogP contribution in [0.3, 0.4) is 0 Å². The highest BCUT2D eigenvalue weighted by Crippen LogP contribution is 2.21. The Kier molecular flexibility index (Phi) is 6.75. The molecule has 0 aliphatic carbocycles. The fourth-order valence-electron chi connectivity index (χ4n) is 3.15. The fraction of sp³-hybridized carbons (Fsp3) is 0.174. The van der Waals surface area contributed by atoms with Crippen LogP contribution in [0.25, 0.3) is 0 Å². The lowest BCUT2D eigenvalue weighted by Crippen LogP contribution is -2.35. The first kappa shape index (κ1) is 21.0. The third-order valence-corrected chi connectivity index (χ3v) is 4.50. The molecule has 0 radical (unpaired) electrons. The average molecular weight is 408 g/mol. The number of nitrogens with zero attached hydrogens (tertiary/aromatic N) is 2. The number of pyridine rings is 1. The van der Waals surface area contributed by atoms with Crippen molar-refractivity contribution >= 4 is 11.9 Å². The van der Waals surface area contributed by atoms with E-state index in [1.807, 2.05) is 0 Å². The first-order chi connectivity index (χ1) is 14.5. The van der Waals surface area contributed by atoms with Gasteiger partial charge in [0, 0.05) is 29.4 Å². The second kappa shape index (κ2) is 9.65. The number of ether oxygens (including phenoxy) is 1. The van der Waals surface area contributed by atoms with Gasteiger partial charge >= 0.3 is 5.97 Å². The predicted octanol–water partition coefficient (Wildman–Crippen LogP) is 3.55. The Balaban J connectivity index is 1.84. The topological polar surface area (TPSA) is 79.7 Å². The van der Waals surface area contributed by atoms with Crippen molar-refractivity contribution in [1.82, 2.24) is 9.88 Å². The number of halogens is 1.